The van der Waals surface area contributed by atoms with Gasteiger partial charge in [-0.1, -0.05) is 18.2 Å². The first kappa shape index (κ1) is 17.5. The predicted octanol–water partition coefficient (Wildman–Crippen LogP) is 4.22. The SMILES string of the molecule is C[C@@H](CC(F)(F)F)NCc1cccc(N=C(N)c2cccs2)c1. The van der Waals surface area contributed by atoms with Crippen molar-refractivity contribution in [3.8, 4) is 0 Å². The van der Waals surface area contributed by atoms with Gasteiger partial charge in [-0.05, 0) is 36.1 Å². The summed E-state index contributed by atoms with van der Waals surface area (Å²) >= 11 is 1.50. The lowest BCUT2D eigenvalue weighted by Gasteiger charge is -2.15. The van der Waals surface area contributed by atoms with Crippen LogP contribution < -0.4 is 11.1 Å². The minimum Gasteiger partial charge on any atom is -0.383 e. The maximum Gasteiger partial charge on any atom is 0.390 e. The van der Waals surface area contributed by atoms with Gasteiger partial charge < -0.3 is 11.1 Å². The molecule has 0 aliphatic heterocycles. The first-order chi connectivity index (χ1) is 10.8. The van der Waals surface area contributed by atoms with E-state index in [-0.39, 0.29) is 0 Å². The molecule has 2 rings (SSSR count). The Kier molecular flexibility index (Phi) is 5.79. The van der Waals surface area contributed by atoms with Crippen LogP contribution in [0.4, 0.5) is 18.9 Å². The van der Waals surface area contributed by atoms with Crippen molar-refractivity contribution in [1.82, 2.24) is 5.32 Å². The molecule has 0 unspecified atom stereocenters. The number of nitrogens with zero attached hydrogens (tertiary/aromatic N) is 1. The fourth-order valence-electron chi connectivity index (χ4n) is 2.07. The molecule has 1 heterocycles. The fourth-order valence-corrected chi connectivity index (χ4v) is 2.69. The third kappa shape index (κ3) is 6.03. The summed E-state index contributed by atoms with van der Waals surface area (Å²) in [5, 5.41) is 4.78. The highest BCUT2D eigenvalue weighted by Gasteiger charge is 2.29. The van der Waals surface area contributed by atoms with Crippen molar-refractivity contribution < 1.29 is 13.2 Å². The van der Waals surface area contributed by atoms with Crippen molar-refractivity contribution in [2.75, 3.05) is 0 Å². The molecule has 0 radical (unpaired) electrons. The minimum absolute atomic E-state index is 0.347. The normalized spacial score (nSPS) is 14.0. The average molecular weight is 341 g/mol. The van der Waals surface area contributed by atoms with Gasteiger partial charge in [0.25, 0.3) is 0 Å². The van der Waals surface area contributed by atoms with E-state index in [4.69, 9.17) is 5.73 Å². The van der Waals surface area contributed by atoms with Crippen LogP contribution in [-0.4, -0.2) is 18.1 Å². The second-order valence-corrected chi connectivity index (χ2v) is 6.19. The Bertz CT molecular complexity index is 651. The number of alkyl halides is 3. The van der Waals surface area contributed by atoms with Crippen LogP contribution in [0.3, 0.4) is 0 Å². The lowest BCUT2D eigenvalue weighted by atomic mass is 10.1. The zero-order valence-electron chi connectivity index (χ0n) is 12.6. The summed E-state index contributed by atoms with van der Waals surface area (Å²) in [5.74, 6) is 0.426. The molecule has 7 heteroatoms. The van der Waals surface area contributed by atoms with Gasteiger partial charge in [-0.15, -0.1) is 11.3 Å². The van der Waals surface area contributed by atoms with Crippen LogP contribution in [0.1, 0.15) is 23.8 Å². The molecule has 23 heavy (non-hydrogen) atoms. The maximum absolute atomic E-state index is 12.3. The fraction of sp³-hybridized carbons (Fsp3) is 0.312. The maximum atomic E-state index is 12.3. The van der Waals surface area contributed by atoms with Crippen LogP contribution in [0.25, 0.3) is 0 Å². The zero-order valence-corrected chi connectivity index (χ0v) is 13.4. The molecule has 2 aromatic rings. The number of halogens is 3. The molecule has 0 saturated heterocycles. The van der Waals surface area contributed by atoms with Gasteiger partial charge in [-0.3, -0.25) is 0 Å². The van der Waals surface area contributed by atoms with E-state index >= 15 is 0 Å². The van der Waals surface area contributed by atoms with Crippen LogP contribution in [0, 0.1) is 0 Å². The quantitative estimate of drug-likeness (QED) is 0.611. The summed E-state index contributed by atoms with van der Waals surface area (Å²) in [4.78, 5) is 5.23. The molecule has 0 aliphatic rings. The van der Waals surface area contributed by atoms with Gasteiger partial charge in [0.2, 0.25) is 0 Å². The van der Waals surface area contributed by atoms with Gasteiger partial charge in [-0.25, -0.2) is 4.99 Å². The summed E-state index contributed by atoms with van der Waals surface area (Å²) in [5.41, 5.74) is 7.47. The standard InChI is InChI=1S/C16H18F3N3S/c1-11(9-16(17,18)19)21-10-12-4-2-5-13(8-12)22-15(20)14-6-3-7-23-14/h2-8,11,21H,9-10H2,1H3,(H2,20,22)/t11-/m0/s1. The number of thiophene rings is 1. The predicted molar refractivity (Wildman–Crippen MR) is 88.1 cm³/mol. The van der Waals surface area contributed by atoms with E-state index < -0.39 is 18.6 Å². The monoisotopic (exact) mass is 341 g/mol. The summed E-state index contributed by atoms with van der Waals surface area (Å²) < 4.78 is 36.9. The Morgan fingerprint density at radius 2 is 2.09 bits per heavy atom. The molecule has 0 fully saturated rings. The van der Waals surface area contributed by atoms with Gasteiger partial charge >= 0.3 is 6.18 Å². The van der Waals surface area contributed by atoms with Crippen molar-refractivity contribution in [3.05, 3.63) is 52.2 Å². The number of aliphatic imine (C=N–C) groups is 1. The lowest BCUT2D eigenvalue weighted by molar-refractivity contribution is -0.139. The molecule has 0 aliphatic carbocycles. The molecule has 0 amide bonds. The molecule has 1 atom stereocenters. The van der Waals surface area contributed by atoms with Crippen molar-refractivity contribution in [2.24, 2.45) is 10.7 Å². The molecule has 3 N–H and O–H groups in total. The molecular formula is C16H18F3N3S. The Balaban J connectivity index is 1.99. The first-order valence-electron chi connectivity index (χ1n) is 7.10. The number of nitrogens with one attached hydrogen (secondary N) is 1. The van der Waals surface area contributed by atoms with E-state index in [1.807, 2.05) is 41.8 Å². The lowest BCUT2D eigenvalue weighted by Crippen LogP contribution is -2.30. The van der Waals surface area contributed by atoms with Crippen LogP contribution in [-0.2, 0) is 6.54 Å². The van der Waals surface area contributed by atoms with Crippen molar-refractivity contribution in [1.29, 1.82) is 0 Å². The summed E-state index contributed by atoms with van der Waals surface area (Å²) in [6.07, 6.45) is -5.01. The summed E-state index contributed by atoms with van der Waals surface area (Å²) in [6, 6.07) is 10.4. The van der Waals surface area contributed by atoms with Gasteiger partial charge in [-0.2, -0.15) is 13.2 Å². The first-order valence-corrected chi connectivity index (χ1v) is 7.98. The Morgan fingerprint density at radius 1 is 1.30 bits per heavy atom. The van der Waals surface area contributed by atoms with Crippen molar-refractivity contribution in [3.63, 3.8) is 0 Å². The highest BCUT2D eigenvalue weighted by molar-refractivity contribution is 7.12. The minimum atomic E-state index is -4.16. The highest BCUT2D eigenvalue weighted by atomic mass is 32.1. The van der Waals surface area contributed by atoms with E-state index in [9.17, 15) is 13.2 Å². The molecule has 0 saturated carbocycles. The Morgan fingerprint density at radius 3 is 2.74 bits per heavy atom. The largest absolute Gasteiger partial charge is 0.390 e. The van der Waals surface area contributed by atoms with Crippen LogP contribution in [0.5, 0.6) is 0 Å². The Hall–Kier alpha value is -1.86. The molecule has 0 spiro atoms. The number of rotatable bonds is 6. The number of benzene rings is 1. The van der Waals surface area contributed by atoms with Gasteiger partial charge in [0.15, 0.2) is 0 Å². The number of hydrogen-bond donors (Lipinski definition) is 2. The third-order valence-electron chi connectivity index (χ3n) is 3.13. The molecule has 124 valence electrons. The molecule has 0 bridgehead atoms. The average Bonchev–Trinajstić information content (AvgIpc) is 2.98. The number of hydrogen-bond acceptors (Lipinski definition) is 3. The van der Waals surface area contributed by atoms with Gasteiger partial charge in [0.05, 0.1) is 17.0 Å². The third-order valence-corrected chi connectivity index (χ3v) is 4.02. The topological polar surface area (TPSA) is 50.4 Å². The van der Waals surface area contributed by atoms with Crippen LogP contribution in [0.15, 0.2) is 46.8 Å². The zero-order chi connectivity index (χ0) is 16.9. The molecule has 3 nitrogen and oxygen atoms in total. The summed E-state index contributed by atoms with van der Waals surface area (Å²) in [6.45, 7) is 1.86. The smallest absolute Gasteiger partial charge is 0.383 e. The van der Waals surface area contributed by atoms with Crippen LogP contribution in [0.2, 0.25) is 0 Å². The van der Waals surface area contributed by atoms with Crippen molar-refractivity contribution >= 4 is 22.9 Å². The van der Waals surface area contributed by atoms with Gasteiger partial charge in [0, 0.05) is 12.6 Å². The number of amidine groups is 1. The summed E-state index contributed by atoms with van der Waals surface area (Å²) in [7, 11) is 0. The second-order valence-electron chi connectivity index (χ2n) is 5.25. The van der Waals surface area contributed by atoms with E-state index in [0.29, 0.717) is 18.1 Å². The number of nitrogens with two attached hydrogens (primary N) is 1. The molecule has 1 aromatic heterocycles. The van der Waals surface area contributed by atoms with E-state index in [0.717, 1.165) is 10.4 Å². The molecule has 1 aromatic carbocycles. The molecular weight excluding hydrogens is 323 g/mol. The highest BCUT2D eigenvalue weighted by Crippen LogP contribution is 2.22. The van der Waals surface area contributed by atoms with Crippen molar-refractivity contribution in [2.45, 2.75) is 32.1 Å². The van der Waals surface area contributed by atoms with E-state index in [1.165, 1.54) is 18.3 Å². The Labute approximate surface area is 137 Å². The van der Waals surface area contributed by atoms with E-state index in [1.54, 1.807) is 0 Å². The second kappa shape index (κ2) is 7.61. The van der Waals surface area contributed by atoms with E-state index in [2.05, 4.69) is 10.3 Å². The van der Waals surface area contributed by atoms with Crippen LogP contribution >= 0.6 is 11.3 Å². The van der Waals surface area contributed by atoms with Gasteiger partial charge in [0.1, 0.15) is 5.84 Å².